The lowest BCUT2D eigenvalue weighted by Crippen LogP contribution is -2.13. The average Bonchev–Trinajstić information content (AvgIpc) is 2.67. The van der Waals surface area contributed by atoms with Crippen LogP contribution in [0.25, 0.3) is 0 Å². The van der Waals surface area contributed by atoms with E-state index in [0.717, 1.165) is 6.42 Å². The van der Waals surface area contributed by atoms with Crippen LogP contribution in [-0.2, 0) is 0 Å². The number of rotatable bonds is 9. The monoisotopic (exact) mass is 393 g/mol. The van der Waals surface area contributed by atoms with Gasteiger partial charge in [-0.1, -0.05) is 18.5 Å². The van der Waals surface area contributed by atoms with E-state index in [1.54, 1.807) is 37.4 Å². The number of nitrogens with one attached hydrogen (secondary N) is 1. The molecule has 2 aromatic rings. The number of carbonyl (C=O) groups is 1. The third kappa shape index (κ3) is 5.20. The van der Waals surface area contributed by atoms with E-state index in [2.05, 4.69) is 5.32 Å². The van der Waals surface area contributed by atoms with Gasteiger partial charge < -0.3 is 24.3 Å². The summed E-state index contributed by atoms with van der Waals surface area (Å²) in [5.41, 5.74) is 0.833. The smallest absolute Gasteiger partial charge is 0.255 e. The first-order valence-corrected chi connectivity index (χ1v) is 9.04. The standard InChI is InChI=1S/C20H24ClNO5/c1-5-9-27-19-15(21)10-13(11-18(19)26-6-2)20(23)22-16-12-14(24-3)7-8-17(16)25-4/h7-8,10-12H,5-6,9H2,1-4H3,(H,22,23). The molecule has 0 aliphatic carbocycles. The zero-order chi connectivity index (χ0) is 19.8. The van der Waals surface area contributed by atoms with Gasteiger partial charge in [0, 0.05) is 11.6 Å². The van der Waals surface area contributed by atoms with Gasteiger partial charge in [0.2, 0.25) is 0 Å². The summed E-state index contributed by atoms with van der Waals surface area (Å²) >= 11 is 6.33. The van der Waals surface area contributed by atoms with E-state index in [1.807, 2.05) is 13.8 Å². The highest BCUT2D eigenvalue weighted by Crippen LogP contribution is 2.37. The number of halogens is 1. The van der Waals surface area contributed by atoms with Crippen molar-refractivity contribution in [3.63, 3.8) is 0 Å². The number of carbonyl (C=O) groups excluding carboxylic acids is 1. The average molecular weight is 394 g/mol. The van der Waals surface area contributed by atoms with E-state index in [1.165, 1.54) is 7.11 Å². The zero-order valence-corrected chi connectivity index (χ0v) is 16.7. The summed E-state index contributed by atoms with van der Waals surface area (Å²) in [6, 6.07) is 8.31. The summed E-state index contributed by atoms with van der Waals surface area (Å²) in [5.74, 6) is 1.63. The Hall–Kier alpha value is -2.60. The highest BCUT2D eigenvalue weighted by molar-refractivity contribution is 6.32. The molecule has 0 fully saturated rings. The van der Waals surface area contributed by atoms with Crippen molar-refractivity contribution in [1.82, 2.24) is 0 Å². The molecule has 7 heteroatoms. The quantitative estimate of drug-likeness (QED) is 0.663. The van der Waals surface area contributed by atoms with Crippen LogP contribution in [0.4, 0.5) is 5.69 Å². The lowest BCUT2D eigenvalue weighted by Gasteiger charge is -2.16. The van der Waals surface area contributed by atoms with Crippen molar-refractivity contribution < 1.29 is 23.7 Å². The maximum absolute atomic E-state index is 12.8. The molecular weight excluding hydrogens is 370 g/mol. The predicted octanol–water partition coefficient (Wildman–Crippen LogP) is 4.80. The van der Waals surface area contributed by atoms with Gasteiger partial charge in [0.1, 0.15) is 11.5 Å². The summed E-state index contributed by atoms with van der Waals surface area (Å²) < 4.78 is 21.8. The van der Waals surface area contributed by atoms with Crippen LogP contribution in [0, 0.1) is 0 Å². The predicted molar refractivity (Wildman–Crippen MR) is 106 cm³/mol. The summed E-state index contributed by atoms with van der Waals surface area (Å²) in [6.45, 7) is 4.78. The zero-order valence-electron chi connectivity index (χ0n) is 15.9. The van der Waals surface area contributed by atoms with E-state index in [9.17, 15) is 4.79 Å². The molecule has 0 saturated heterocycles. The molecule has 0 aliphatic heterocycles. The number of benzene rings is 2. The first-order chi connectivity index (χ1) is 13.0. The normalized spacial score (nSPS) is 10.3. The Labute approximate surface area is 164 Å². The topological polar surface area (TPSA) is 66.0 Å². The maximum atomic E-state index is 12.8. The van der Waals surface area contributed by atoms with Crippen molar-refractivity contribution in [3.8, 4) is 23.0 Å². The third-order valence-electron chi connectivity index (χ3n) is 3.68. The SMILES string of the molecule is CCCOc1c(Cl)cc(C(=O)Nc2cc(OC)ccc2OC)cc1OCC. The van der Waals surface area contributed by atoms with Gasteiger partial charge in [-0.3, -0.25) is 4.79 Å². The van der Waals surface area contributed by atoms with E-state index < -0.39 is 0 Å². The van der Waals surface area contributed by atoms with Crippen molar-refractivity contribution in [2.24, 2.45) is 0 Å². The molecule has 0 heterocycles. The lowest BCUT2D eigenvalue weighted by atomic mass is 10.1. The third-order valence-corrected chi connectivity index (χ3v) is 3.96. The molecule has 1 N–H and O–H groups in total. The molecule has 0 unspecified atom stereocenters. The van der Waals surface area contributed by atoms with E-state index in [-0.39, 0.29) is 5.91 Å². The minimum Gasteiger partial charge on any atom is -0.497 e. The van der Waals surface area contributed by atoms with Crippen molar-refractivity contribution >= 4 is 23.2 Å². The second kappa shape index (κ2) is 9.92. The molecule has 2 rings (SSSR count). The van der Waals surface area contributed by atoms with Crippen LogP contribution in [-0.4, -0.2) is 33.3 Å². The molecule has 2 aromatic carbocycles. The largest absolute Gasteiger partial charge is 0.497 e. The van der Waals surface area contributed by atoms with Crippen LogP contribution < -0.4 is 24.3 Å². The number of hydrogen-bond donors (Lipinski definition) is 1. The lowest BCUT2D eigenvalue weighted by molar-refractivity contribution is 0.102. The second-order valence-electron chi connectivity index (χ2n) is 5.59. The molecule has 0 radical (unpaired) electrons. The fourth-order valence-corrected chi connectivity index (χ4v) is 2.68. The fourth-order valence-electron chi connectivity index (χ4n) is 2.41. The van der Waals surface area contributed by atoms with E-state index in [4.69, 9.17) is 30.5 Å². The number of ether oxygens (including phenoxy) is 4. The Morgan fingerprint density at radius 2 is 1.81 bits per heavy atom. The molecule has 0 spiro atoms. The molecule has 6 nitrogen and oxygen atoms in total. The van der Waals surface area contributed by atoms with Crippen LogP contribution in [0.5, 0.6) is 23.0 Å². The number of methoxy groups -OCH3 is 2. The van der Waals surface area contributed by atoms with E-state index in [0.29, 0.717) is 52.5 Å². The molecule has 27 heavy (non-hydrogen) atoms. The number of hydrogen-bond acceptors (Lipinski definition) is 5. The van der Waals surface area contributed by atoms with Gasteiger partial charge >= 0.3 is 0 Å². The first-order valence-electron chi connectivity index (χ1n) is 8.66. The fraction of sp³-hybridized carbons (Fsp3) is 0.350. The molecule has 0 aromatic heterocycles. The minimum atomic E-state index is -0.355. The van der Waals surface area contributed by atoms with Crippen LogP contribution >= 0.6 is 11.6 Å². The molecule has 0 aliphatic rings. The summed E-state index contributed by atoms with van der Waals surface area (Å²) in [6.07, 6.45) is 0.833. The van der Waals surface area contributed by atoms with Crippen molar-refractivity contribution in [3.05, 3.63) is 40.9 Å². The van der Waals surface area contributed by atoms with Gasteiger partial charge in [-0.05, 0) is 37.6 Å². The van der Waals surface area contributed by atoms with Gasteiger partial charge in [0.15, 0.2) is 11.5 Å². The summed E-state index contributed by atoms with van der Waals surface area (Å²) in [5, 5.41) is 3.13. The molecule has 0 bridgehead atoms. The number of anilines is 1. The number of amides is 1. The van der Waals surface area contributed by atoms with Crippen LogP contribution in [0.1, 0.15) is 30.6 Å². The van der Waals surface area contributed by atoms with Crippen LogP contribution in [0.2, 0.25) is 5.02 Å². The highest BCUT2D eigenvalue weighted by atomic mass is 35.5. The van der Waals surface area contributed by atoms with Gasteiger partial charge in [0.25, 0.3) is 5.91 Å². The second-order valence-corrected chi connectivity index (χ2v) is 5.99. The summed E-state index contributed by atoms with van der Waals surface area (Å²) in [7, 11) is 3.08. The molecule has 146 valence electrons. The van der Waals surface area contributed by atoms with Gasteiger partial charge in [-0.25, -0.2) is 0 Å². The van der Waals surface area contributed by atoms with Crippen molar-refractivity contribution in [1.29, 1.82) is 0 Å². The first kappa shape index (κ1) is 20.7. The Bertz CT molecular complexity index is 794. The Balaban J connectivity index is 2.33. The summed E-state index contributed by atoms with van der Waals surface area (Å²) in [4.78, 5) is 12.8. The molecule has 1 amide bonds. The Morgan fingerprint density at radius 1 is 1.04 bits per heavy atom. The van der Waals surface area contributed by atoms with Crippen molar-refractivity contribution in [2.45, 2.75) is 20.3 Å². The minimum absolute atomic E-state index is 0.317. The molecular formula is C20H24ClNO5. The highest BCUT2D eigenvalue weighted by Gasteiger charge is 2.18. The van der Waals surface area contributed by atoms with Crippen LogP contribution in [0.3, 0.4) is 0 Å². The van der Waals surface area contributed by atoms with Crippen molar-refractivity contribution in [2.75, 3.05) is 32.8 Å². The van der Waals surface area contributed by atoms with Gasteiger partial charge in [0.05, 0.1) is 38.1 Å². The van der Waals surface area contributed by atoms with E-state index >= 15 is 0 Å². The van der Waals surface area contributed by atoms with Gasteiger partial charge in [-0.15, -0.1) is 0 Å². The molecule has 0 atom stereocenters. The van der Waals surface area contributed by atoms with Gasteiger partial charge in [-0.2, -0.15) is 0 Å². The van der Waals surface area contributed by atoms with Crippen LogP contribution in [0.15, 0.2) is 30.3 Å². The molecule has 0 saturated carbocycles. The Morgan fingerprint density at radius 3 is 2.44 bits per heavy atom. The Kier molecular flexibility index (Phi) is 7.61. The maximum Gasteiger partial charge on any atom is 0.255 e.